The Morgan fingerprint density at radius 3 is 2.43 bits per heavy atom. The number of β-lactam (4-membered cyclic amide) rings is 1. The highest BCUT2D eigenvalue weighted by Gasteiger charge is 2.57. The van der Waals surface area contributed by atoms with E-state index in [1.165, 1.54) is 25.1 Å². The van der Waals surface area contributed by atoms with E-state index in [4.69, 9.17) is 9.57 Å². The first-order chi connectivity index (χ1) is 20.4. The Morgan fingerprint density at radius 1 is 1.17 bits per heavy atom. The average Bonchev–Trinajstić information content (AvgIpc) is 3.49. The zero-order chi connectivity index (χ0) is 29.7. The van der Waals surface area contributed by atoms with Crippen LogP contribution in [0.3, 0.4) is 0 Å². The zero-order valence-corrected chi connectivity index (χ0v) is 24.1. The lowest BCUT2D eigenvalue weighted by molar-refractivity contribution is -0.162. The van der Waals surface area contributed by atoms with Crippen LogP contribution in [0.25, 0.3) is 0 Å². The van der Waals surface area contributed by atoms with Gasteiger partial charge < -0.3 is 25.1 Å². The zero-order valence-electron chi connectivity index (χ0n) is 22.5. The molecule has 2 unspecified atom stereocenters. The van der Waals surface area contributed by atoms with E-state index in [1.54, 1.807) is 11.0 Å². The summed E-state index contributed by atoms with van der Waals surface area (Å²) < 4.78 is 6.12. The molecule has 3 aromatic rings. The molecule has 1 aromatic heterocycles. The van der Waals surface area contributed by atoms with Gasteiger partial charge in [0, 0.05) is 18.5 Å². The number of ether oxygens (including phenoxy) is 1. The normalized spacial score (nSPS) is 21.5. The summed E-state index contributed by atoms with van der Waals surface area (Å²) in [6, 6.07) is 18.1. The van der Waals surface area contributed by atoms with Crippen molar-refractivity contribution in [2.45, 2.75) is 17.5 Å². The minimum absolute atomic E-state index is 0.0725. The van der Waals surface area contributed by atoms with E-state index in [0.717, 1.165) is 22.5 Å². The fourth-order valence-electron chi connectivity index (χ4n) is 4.73. The Kier molecular flexibility index (Phi) is 8.69. The molecule has 2 N–H and O–H groups in total. The molecule has 0 bridgehead atoms. The predicted molar refractivity (Wildman–Crippen MR) is 159 cm³/mol. The molecule has 2 fully saturated rings. The third-order valence-electron chi connectivity index (χ3n) is 6.94. The SMILES string of the molecule is C=CC1(C(=O)OC(c2ccccc2)c2ccccc2)CS[C@@H]2C(NC(=O)C(=NOC)c3cnc(NC=O)s3)C(=O)N2C1. The number of benzene rings is 2. The van der Waals surface area contributed by atoms with Crippen LogP contribution < -0.4 is 10.6 Å². The highest BCUT2D eigenvalue weighted by molar-refractivity contribution is 8.00. The smallest absolute Gasteiger partial charge is 0.319 e. The van der Waals surface area contributed by atoms with Gasteiger partial charge in [-0.3, -0.25) is 19.2 Å². The molecule has 3 atom stereocenters. The summed E-state index contributed by atoms with van der Waals surface area (Å²) >= 11 is 2.39. The van der Waals surface area contributed by atoms with Gasteiger partial charge in [0.25, 0.3) is 5.91 Å². The number of amides is 3. The van der Waals surface area contributed by atoms with Crippen molar-refractivity contribution in [3.05, 3.63) is 95.5 Å². The van der Waals surface area contributed by atoms with Crippen molar-refractivity contribution in [3.63, 3.8) is 0 Å². The molecule has 11 nitrogen and oxygen atoms in total. The third kappa shape index (κ3) is 5.65. The van der Waals surface area contributed by atoms with Crippen molar-refractivity contribution in [1.82, 2.24) is 15.2 Å². The summed E-state index contributed by atoms with van der Waals surface area (Å²) in [5.41, 5.74) is 0.423. The van der Waals surface area contributed by atoms with Gasteiger partial charge in [0.05, 0.1) is 4.88 Å². The minimum Gasteiger partial charge on any atom is -0.452 e. The molecule has 2 aromatic carbocycles. The van der Waals surface area contributed by atoms with E-state index in [-0.39, 0.29) is 28.7 Å². The van der Waals surface area contributed by atoms with Crippen LogP contribution in [0.15, 0.2) is 84.7 Å². The number of nitrogens with one attached hydrogen (secondary N) is 2. The van der Waals surface area contributed by atoms with Crippen LogP contribution in [0.1, 0.15) is 22.1 Å². The van der Waals surface area contributed by atoms with Gasteiger partial charge in [-0.15, -0.1) is 18.3 Å². The molecule has 3 amide bonds. The van der Waals surface area contributed by atoms with Crippen LogP contribution in [0, 0.1) is 5.41 Å². The van der Waals surface area contributed by atoms with Crippen molar-refractivity contribution in [3.8, 4) is 0 Å². The number of anilines is 1. The second-order valence-corrected chi connectivity index (χ2v) is 11.6. The van der Waals surface area contributed by atoms with Gasteiger partial charge in [0.1, 0.15) is 23.9 Å². The highest BCUT2D eigenvalue weighted by atomic mass is 32.2. The molecule has 0 spiro atoms. The quantitative estimate of drug-likeness (QED) is 0.0850. The van der Waals surface area contributed by atoms with Gasteiger partial charge >= 0.3 is 5.97 Å². The highest BCUT2D eigenvalue weighted by Crippen LogP contribution is 2.44. The lowest BCUT2D eigenvalue weighted by atomic mass is 9.87. The van der Waals surface area contributed by atoms with E-state index in [1.807, 2.05) is 60.7 Å². The van der Waals surface area contributed by atoms with Gasteiger partial charge in [-0.2, -0.15) is 0 Å². The summed E-state index contributed by atoms with van der Waals surface area (Å²) in [6.07, 6.45) is 2.76. The van der Waals surface area contributed by atoms with Crippen molar-refractivity contribution >= 4 is 58.1 Å². The molecule has 2 saturated heterocycles. The molecular weight excluding hydrogens is 578 g/mol. The van der Waals surface area contributed by atoms with Crippen LogP contribution >= 0.6 is 23.1 Å². The average molecular weight is 606 g/mol. The molecule has 2 aliphatic heterocycles. The minimum atomic E-state index is -1.14. The van der Waals surface area contributed by atoms with Crippen LogP contribution in [0.5, 0.6) is 0 Å². The monoisotopic (exact) mass is 605 g/mol. The molecule has 216 valence electrons. The Labute approximate surface area is 250 Å². The maximum Gasteiger partial charge on any atom is 0.319 e. The van der Waals surface area contributed by atoms with E-state index in [9.17, 15) is 19.2 Å². The predicted octanol–water partition coefficient (Wildman–Crippen LogP) is 2.97. The lowest BCUT2D eigenvalue weighted by Gasteiger charge is -2.53. The van der Waals surface area contributed by atoms with Gasteiger partial charge in [0.15, 0.2) is 16.9 Å². The van der Waals surface area contributed by atoms with Gasteiger partial charge in [-0.1, -0.05) is 83.2 Å². The van der Waals surface area contributed by atoms with E-state index in [0.29, 0.717) is 17.0 Å². The van der Waals surface area contributed by atoms with Crippen molar-refractivity contribution in [1.29, 1.82) is 0 Å². The summed E-state index contributed by atoms with van der Waals surface area (Å²) in [4.78, 5) is 61.5. The number of carbonyl (C=O) groups excluding carboxylic acids is 4. The number of hydrogen-bond acceptors (Lipinski definition) is 10. The summed E-state index contributed by atoms with van der Waals surface area (Å²) in [5, 5.41) is 8.82. The van der Waals surface area contributed by atoms with Crippen LogP contribution in [-0.2, 0) is 28.8 Å². The second-order valence-electron chi connectivity index (χ2n) is 9.50. The van der Waals surface area contributed by atoms with E-state index < -0.39 is 29.4 Å². The fourth-order valence-corrected chi connectivity index (χ4v) is 7.02. The molecule has 3 heterocycles. The van der Waals surface area contributed by atoms with E-state index >= 15 is 0 Å². The number of esters is 1. The summed E-state index contributed by atoms with van der Waals surface area (Å²) in [7, 11) is 1.29. The number of thiazole rings is 1. The summed E-state index contributed by atoms with van der Waals surface area (Å²) in [5.74, 6) is -1.15. The Balaban J connectivity index is 1.28. The van der Waals surface area contributed by atoms with Crippen LogP contribution in [0.2, 0.25) is 0 Å². The first-order valence-electron chi connectivity index (χ1n) is 12.9. The van der Waals surface area contributed by atoms with E-state index in [2.05, 4.69) is 27.4 Å². The van der Waals surface area contributed by atoms with Gasteiger partial charge in [-0.05, 0) is 11.1 Å². The number of oxime groups is 1. The number of thioether (sulfide) groups is 1. The fraction of sp³-hybridized carbons (Fsp3) is 0.241. The first-order valence-corrected chi connectivity index (χ1v) is 14.7. The maximum atomic E-state index is 13.7. The number of carbonyl (C=O) groups is 4. The maximum absolute atomic E-state index is 13.7. The first kappa shape index (κ1) is 29.0. The Bertz CT molecular complexity index is 1480. The molecule has 0 aliphatic carbocycles. The Morgan fingerprint density at radius 2 is 1.83 bits per heavy atom. The van der Waals surface area contributed by atoms with Crippen LogP contribution in [-0.4, -0.2) is 70.6 Å². The molecule has 0 saturated carbocycles. The van der Waals surface area contributed by atoms with Crippen molar-refractivity contribution < 1.29 is 28.8 Å². The van der Waals surface area contributed by atoms with Crippen molar-refractivity contribution in [2.24, 2.45) is 10.6 Å². The largest absolute Gasteiger partial charge is 0.452 e. The number of rotatable bonds is 11. The topological polar surface area (TPSA) is 139 Å². The number of fused-ring (bicyclic) bond motifs is 1. The second kappa shape index (κ2) is 12.6. The standard InChI is InChI=1S/C29H27N5O6S2/c1-3-29(27(38)40-23(18-10-6-4-7-11-18)19-12-8-5-9-13-19)15-34-25(37)22(26(34)41-16-29)32-24(36)21(33-39-2)20-14-30-28(42-20)31-17-35/h3-14,17,22-23,26H,1,15-16H2,2H3,(H,32,36)(H,30,31,35)/t22?,26-,29?/m1/s1. The number of nitrogens with zero attached hydrogens (tertiary/aromatic N) is 3. The number of aromatic nitrogens is 1. The molecule has 2 aliphatic rings. The molecule has 42 heavy (non-hydrogen) atoms. The third-order valence-corrected chi connectivity index (χ3v) is 9.42. The van der Waals surface area contributed by atoms with Crippen molar-refractivity contribution in [2.75, 3.05) is 24.7 Å². The Hall–Kier alpha value is -4.49. The number of hydrogen-bond donors (Lipinski definition) is 2. The lowest BCUT2D eigenvalue weighted by Crippen LogP contribution is -2.73. The molecule has 13 heteroatoms. The molecular formula is C29H27N5O6S2. The molecule has 5 rings (SSSR count). The van der Waals surface area contributed by atoms with Gasteiger partial charge in [-0.25, -0.2) is 4.98 Å². The van der Waals surface area contributed by atoms with Gasteiger partial charge in [0.2, 0.25) is 12.3 Å². The molecule has 0 radical (unpaired) electrons. The van der Waals surface area contributed by atoms with Crippen LogP contribution in [0.4, 0.5) is 5.13 Å². The summed E-state index contributed by atoms with van der Waals surface area (Å²) in [6.45, 7) is 3.99.